The van der Waals surface area contributed by atoms with Crippen LogP contribution in [0.15, 0.2) is 65.3 Å². The predicted molar refractivity (Wildman–Crippen MR) is 107 cm³/mol. The Balaban J connectivity index is 1.57. The number of nitrogens with one attached hydrogen (secondary N) is 1. The second kappa shape index (κ2) is 7.98. The average Bonchev–Trinajstić information content (AvgIpc) is 3.18. The Morgan fingerprint density at radius 3 is 2.52 bits per heavy atom. The summed E-state index contributed by atoms with van der Waals surface area (Å²) in [5, 5.41) is 7.08. The number of amides is 1. The quantitative estimate of drug-likeness (QED) is 0.464. The summed E-state index contributed by atoms with van der Waals surface area (Å²) in [6, 6.07) is 13.8. The van der Waals surface area contributed by atoms with E-state index in [1.54, 1.807) is 36.4 Å². The first-order chi connectivity index (χ1) is 14.0. The second-order valence-electron chi connectivity index (χ2n) is 5.91. The zero-order valence-corrected chi connectivity index (χ0v) is 16.1. The van der Waals surface area contributed by atoms with E-state index in [2.05, 4.69) is 20.4 Å². The molecule has 0 atom stereocenters. The summed E-state index contributed by atoms with van der Waals surface area (Å²) in [5.74, 6) is -0.464. The Morgan fingerprint density at radius 1 is 1.00 bits per heavy atom. The predicted octanol–water partition coefficient (Wildman–Crippen LogP) is 5.50. The highest BCUT2D eigenvalue weighted by atomic mass is 35.5. The van der Waals surface area contributed by atoms with Gasteiger partial charge >= 0.3 is 0 Å². The minimum absolute atomic E-state index is 0.133. The fourth-order valence-corrected chi connectivity index (χ4v) is 3.08. The van der Waals surface area contributed by atoms with E-state index >= 15 is 0 Å². The van der Waals surface area contributed by atoms with Crippen LogP contribution in [0.1, 0.15) is 10.5 Å². The first-order valence-corrected chi connectivity index (χ1v) is 9.08. The largest absolute Gasteiger partial charge is 0.334 e. The smallest absolute Gasteiger partial charge is 0.274 e. The second-order valence-corrected chi connectivity index (χ2v) is 6.73. The highest BCUT2D eigenvalue weighted by molar-refractivity contribution is 6.34. The summed E-state index contributed by atoms with van der Waals surface area (Å²) in [6.07, 6.45) is 1.53. The normalized spacial score (nSPS) is 10.7. The van der Waals surface area contributed by atoms with E-state index in [1.165, 1.54) is 18.3 Å². The van der Waals surface area contributed by atoms with E-state index in [0.717, 1.165) is 6.07 Å². The zero-order valence-electron chi connectivity index (χ0n) is 14.6. The fourth-order valence-electron chi connectivity index (χ4n) is 2.57. The average molecular weight is 429 g/mol. The maximum absolute atomic E-state index is 13.2. The van der Waals surface area contributed by atoms with Gasteiger partial charge in [-0.25, -0.2) is 4.39 Å². The van der Waals surface area contributed by atoms with Gasteiger partial charge in [-0.1, -0.05) is 34.4 Å². The Hall–Kier alpha value is -3.29. The maximum Gasteiger partial charge on any atom is 0.274 e. The van der Waals surface area contributed by atoms with Crippen LogP contribution in [0.3, 0.4) is 0 Å². The van der Waals surface area contributed by atoms with Crippen molar-refractivity contribution in [3.05, 3.63) is 82.4 Å². The van der Waals surface area contributed by atoms with Gasteiger partial charge in [0.25, 0.3) is 11.8 Å². The number of rotatable bonds is 4. The molecule has 1 amide bonds. The van der Waals surface area contributed by atoms with Gasteiger partial charge in [-0.15, -0.1) is 0 Å². The lowest BCUT2D eigenvalue weighted by atomic mass is 10.2. The molecule has 0 saturated carbocycles. The third kappa shape index (κ3) is 4.11. The van der Waals surface area contributed by atoms with Gasteiger partial charge in [-0.2, -0.15) is 4.98 Å². The van der Waals surface area contributed by atoms with Crippen molar-refractivity contribution in [1.82, 2.24) is 15.1 Å². The van der Waals surface area contributed by atoms with Crippen molar-refractivity contribution >= 4 is 34.8 Å². The molecule has 0 unspecified atom stereocenters. The topological polar surface area (TPSA) is 80.9 Å². The number of aromatic nitrogens is 3. The van der Waals surface area contributed by atoms with Gasteiger partial charge in [0, 0.05) is 17.4 Å². The summed E-state index contributed by atoms with van der Waals surface area (Å²) < 4.78 is 18.4. The fraction of sp³-hybridized carbons (Fsp3) is 0. The number of hydrogen-bond acceptors (Lipinski definition) is 5. The van der Waals surface area contributed by atoms with Crippen LogP contribution in [0.5, 0.6) is 0 Å². The molecular weight excluding hydrogens is 418 g/mol. The number of anilines is 1. The van der Waals surface area contributed by atoms with Gasteiger partial charge in [-0.05, 0) is 48.5 Å². The molecule has 6 nitrogen and oxygen atoms in total. The number of nitrogens with zero attached hydrogens (tertiary/aromatic N) is 3. The third-order valence-electron chi connectivity index (χ3n) is 3.95. The number of pyridine rings is 1. The van der Waals surface area contributed by atoms with Gasteiger partial charge in [0.05, 0.1) is 15.6 Å². The van der Waals surface area contributed by atoms with Crippen molar-refractivity contribution < 1.29 is 13.7 Å². The molecule has 0 spiro atoms. The number of benzene rings is 2. The van der Waals surface area contributed by atoms with Crippen LogP contribution in [0.2, 0.25) is 10.0 Å². The Morgan fingerprint density at radius 2 is 1.79 bits per heavy atom. The molecule has 2 heterocycles. The lowest BCUT2D eigenvalue weighted by Gasteiger charge is -2.06. The minimum atomic E-state index is -0.468. The van der Waals surface area contributed by atoms with Crippen LogP contribution in [-0.4, -0.2) is 21.0 Å². The molecule has 4 rings (SSSR count). The van der Waals surface area contributed by atoms with Crippen LogP contribution in [0, 0.1) is 5.82 Å². The Kier molecular flexibility index (Phi) is 5.24. The van der Waals surface area contributed by atoms with Crippen molar-refractivity contribution in [3.63, 3.8) is 0 Å². The molecule has 144 valence electrons. The van der Waals surface area contributed by atoms with Gasteiger partial charge in [0.15, 0.2) is 0 Å². The number of hydrogen-bond donors (Lipinski definition) is 1. The zero-order chi connectivity index (χ0) is 20.4. The molecular formula is C20H11Cl2FN4O2. The third-order valence-corrected chi connectivity index (χ3v) is 4.58. The van der Waals surface area contributed by atoms with E-state index in [9.17, 15) is 9.18 Å². The highest BCUT2D eigenvalue weighted by Crippen LogP contribution is 2.32. The molecule has 0 aliphatic heterocycles. The first-order valence-electron chi connectivity index (χ1n) is 8.33. The molecule has 0 radical (unpaired) electrons. The SMILES string of the molecule is O=C(Nc1ccc(-c2noc(-c3ccc(F)cc3Cl)n2)c(Cl)c1)c1ccccn1. The van der Waals surface area contributed by atoms with Crippen molar-refractivity contribution in [1.29, 1.82) is 0 Å². The van der Waals surface area contributed by atoms with E-state index in [0.29, 0.717) is 21.8 Å². The highest BCUT2D eigenvalue weighted by Gasteiger charge is 2.17. The summed E-state index contributed by atoms with van der Waals surface area (Å²) >= 11 is 12.4. The van der Waals surface area contributed by atoms with E-state index in [1.807, 2.05) is 0 Å². The molecule has 0 aliphatic carbocycles. The molecule has 0 aliphatic rings. The summed E-state index contributed by atoms with van der Waals surface area (Å²) in [6.45, 7) is 0. The van der Waals surface area contributed by atoms with Crippen molar-refractivity contribution in [2.24, 2.45) is 0 Å². The van der Waals surface area contributed by atoms with Crippen LogP contribution in [0.25, 0.3) is 22.8 Å². The first kappa shape index (κ1) is 19.0. The summed E-state index contributed by atoms with van der Waals surface area (Å²) in [5.41, 5.74) is 1.67. The molecule has 1 N–H and O–H groups in total. The van der Waals surface area contributed by atoms with Crippen LogP contribution < -0.4 is 5.32 Å². The standard InChI is InChI=1S/C20H11Cl2FN4O2/c21-15-9-11(23)4-6-14(15)20-26-18(27-29-20)13-7-5-12(10-16(13)22)25-19(28)17-3-1-2-8-24-17/h1-10H,(H,25,28). The lowest BCUT2D eigenvalue weighted by Crippen LogP contribution is -2.13. The minimum Gasteiger partial charge on any atom is -0.334 e. The molecule has 29 heavy (non-hydrogen) atoms. The van der Waals surface area contributed by atoms with Gasteiger partial charge in [0.1, 0.15) is 11.5 Å². The van der Waals surface area contributed by atoms with Crippen molar-refractivity contribution in [2.75, 3.05) is 5.32 Å². The monoisotopic (exact) mass is 428 g/mol. The van der Waals surface area contributed by atoms with Crippen LogP contribution in [0.4, 0.5) is 10.1 Å². The molecule has 0 fully saturated rings. The molecule has 2 aromatic heterocycles. The van der Waals surface area contributed by atoms with Gasteiger partial charge < -0.3 is 9.84 Å². The van der Waals surface area contributed by atoms with Crippen molar-refractivity contribution in [2.45, 2.75) is 0 Å². The summed E-state index contributed by atoms with van der Waals surface area (Å²) in [7, 11) is 0. The number of carbonyl (C=O) groups excluding carboxylic acids is 1. The van der Waals surface area contributed by atoms with E-state index in [-0.39, 0.29) is 28.3 Å². The number of carbonyl (C=O) groups is 1. The molecule has 2 aromatic carbocycles. The van der Waals surface area contributed by atoms with Gasteiger partial charge in [-0.3, -0.25) is 9.78 Å². The van der Waals surface area contributed by atoms with E-state index < -0.39 is 5.82 Å². The van der Waals surface area contributed by atoms with Crippen LogP contribution in [-0.2, 0) is 0 Å². The van der Waals surface area contributed by atoms with E-state index in [4.69, 9.17) is 27.7 Å². The molecule has 0 saturated heterocycles. The Bertz CT molecular complexity index is 1200. The lowest BCUT2D eigenvalue weighted by molar-refractivity contribution is 0.102. The van der Waals surface area contributed by atoms with Crippen molar-refractivity contribution in [3.8, 4) is 22.8 Å². The molecule has 0 bridgehead atoms. The van der Waals surface area contributed by atoms with Gasteiger partial charge in [0.2, 0.25) is 5.82 Å². The van der Waals surface area contributed by atoms with Crippen LogP contribution >= 0.6 is 23.2 Å². The number of halogens is 3. The molecule has 9 heteroatoms. The molecule has 4 aromatic rings. The summed E-state index contributed by atoms with van der Waals surface area (Å²) in [4.78, 5) is 20.5. The maximum atomic E-state index is 13.2. The Labute approximate surface area is 174 Å².